The van der Waals surface area contributed by atoms with Crippen molar-refractivity contribution in [2.45, 2.75) is 27.7 Å². The summed E-state index contributed by atoms with van der Waals surface area (Å²) in [6, 6.07) is 11.3. The fourth-order valence-corrected chi connectivity index (χ4v) is 4.75. The molecule has 1 amide bonds. The molecule has 6 nitrogen and oxygen atoms in total. The first-order chi connectivity index (χ1) is 12.1. The molecule has 1 N–H and O–H groups in total. The monoisotopic (exact) mass is 389 g/mol. The van der Waals surface area contributed by atoms with Gasteiger partial charge in [-0.3, -0.25) is 4.79 Å². The zero-order valence-corrected chi connectivity index (χ0v) is 16.0. The third-order valence-electron chi connectivity index (χ3n) is 2.91. The van der Waals surface area contributed by atoms with E-state index in [4.69, 9.17) is 0 Å². The molecule has 0 radical (unpaired) electrons. The van der Waals surface area contributed by atoms with Gasteiger partial charge in [0.15, 0.2) is 13.8 Å². The lowest BCUT2D eigenvalue weighted by Crippen LogP contribution is -2.13. The van der Waals surface area contributed by atoms with E-state index in [0.717, 1.165) is 25.8 Å². The van der Waals surface area contributed by atoms with Crippen LogP contribution in [0.5, 0.6) is 0 Å². The van der Waals surface area contributed by atoms with Crippen molar-refractivity contribution in [2.24, 2.45) is 0 Å². The second-order valence-electron chi connectivity index (χ2n) is 5.07. The van der Waals surface area contributed by atoms with Gasteiger partial charge in [-0.1, -0.05) is 41.3 Å². The molecule has 3 aromatic rings. The molecule has 0 saturated carbocycles. The van der Waals surface area contributed by atoms with E-state index in [-0.39, 0.29) is 11.7 Å². The summed E-state index contributed by atoms with van der Waals surface area (Å²) in [4.78, 5) is 20.7. The second-order valence-corrected chi connectivity index (χ2v) is 8.49. The Labute approximate surface area is 157 Å². The van der Waals surface area contributed by atoms with Crippen molar-refractivity contribution >= 4 is 46.5 Å². The van der Waals surface area contributed by atoms with Crippen LogP contribution in [0.25, 0.3) is 0 Å². The number of carbonyl (C=O) groups is 1. The molecule has 0 aliphatic rings. The molecular weight excluding hydrogens is 374 g/mol. The van der Waals surface area contributed by atoms with Crippen LogP contribution in [0.1, 0.15) is 11.4 Å². The van der Waals surface area contributed by atoms with Gasteiger partial charge in [0.2, 0.25) is 5.91 Å². The summed E-state index contributed by atoms with van der Waals surface area (Å²) in [6.45, 7) is 3.87. The number of anilines is 1. The van der Waals surface area contributed by atoms with Gasteiger partial charge in [-0.25, -0.2) is 9.97 Å². The normalized spacial score (nSPS) is 10.6. The van der Waals surface area contributed by atoms with E-state index in [9.17, 15) is 4.79 Å². The van der Waals surface area contributed by atoms with E-state index in [0.29, 0.717) is 5.16 Å². The van der Waals surface area contributed by atoms with E-state index in [1.807, 2.05) is 50.2 Å². The molecule has 3 rings (SSSR count). The number of aryl methyl sites for hydroxylation is 2. The third-order valence-corrected chi connectivity index (χ3v) is 5.89. The molecule has 2 heterocycles. The third kappa shape index (κ3) is 5.52. The predicted molar refractivity (Wildman–Crippen MR) is 101 cm³/mol. The topological polar surface area (TPSA) is 80.7 Å². The number of rotatable bonds is 6. The SMILES string of the molecule is Cc1cc(C)nc(Sc2nnc(SCC(=O)Nc3ccccc3)s2)n1. The largest absolute Gasteiger partial charge is 0.325 e. The van der Waals surface area contributed by atoms with Gasteiger partial charge in [-0.15, -0.1) is 10.2 Å². The molecule has 0 spiro atoms. The first-order valence-corrected chi connectivity index (χ1v) is 10.0. The van der Waals surface area contributed by atoms with Gasteiger partial charge in [0.25, 0.3) is 0 Å². The summed E-state index contributed by atoms with van der Waals surface area (Å²) in [5, 5.41) is 11.7. The number of para-hydroxylation sites is 1. The molecule has 0 fully saturated rings. The lowest BCUT2D eigenvalue weighted by molar-refractivity contribution is -0.113. The molecule has 0 atom stereocenters. The number of amides is 1. The van der Waals surface area contributed by atoms with Crippen molar-refractivity contribution < 1.29 is 4.79 Å². The van der Waals surface area contributed by atoms with Crippen LogP contribution in [0.4, 0.5) is 5.69 Å². The Bertz CT molecular complexity index is 849. The maximum absolute atomic E-state index is 12.0. The number of thioether (sulfide) groups is 1. The Morgan fingerprint density at radius 1 is 1.08 bits per heavy atom. The maximum Gasteiger partial charge on any atom is 0.234 e. The lowest BCUT2D eigenvalue weighted by Gasteiger charge is -2.02. The summed E-state index contributed by atoms with van der Waals surface area (Å²) in [5.74, 6) is 0.215. The van der Waals surface area contributed by atoms with E-state index in [1.165, 1.54) is 34.9 Å². The molecule has 1 aromatic carbocycles. The van der Waals surface area contributed by atoms with Crippen LogP contribution in [0.3, 0.4) is 0 Å². The minimum absolute atomic E-state index is 0.0711. The Morgan fingerprint density at radius 2 is 1.76 bits per heavy atom. The van der Waals surface area contributed by atoms with E-state index in [1.54, 1.807) is 0 Å². The number of nitrogens with zero attached hydrogens (tertiary/aromatic N) is 4. The number of carbonyl (C=O) groups excluding carboxylic acids is 1. The van der Waals surface area contributed by atoms with Gasteiger partial charge in [-0.05, 0) is 43.8 Å². The summed E-state index contributed by atoms with van der Waals surface area (Å²) in [7, 11) is 0. The highest BCUT2D eigenvalue weighted by atomic mass is 32.2. The van der Waals surface area contributed by atoms with Gasteiger partial charge < -0.3 is 5.32 Å². The highest BCUT2D eigenvalue weighted by Gasteiger charge is 2.11. The minimum atomic E-state index is -0.0711. The van der Waals surface area contributed by atoms with Crippen molar-refractivity contribution in [3.8, 4) is 0 Å². The summed E-state index contributed by atoms with van der Waals surface area (Å²) < 4.78 is 1.51. The molecule has 25 heavy (non-hydrogen) atoms. The average Bonchev–Trinajstić information content (AvgIpc) is 3.00. The number of nitrogens with one attached hydrogen (secondary N) is 1. The van der Waals surface area contributed by atoms with E-state index >= 15 is 0 Å². The predicted octanol–water partition coefficient (Wildman–Crippen LogP) is 3.83. The zero-order chi connectivity index (χ0) is 17.6. The molecule has 128 valence electrons. The number of hydrogen-bond acceptors (Lipinski definition) is 8. The minimum Gasteiger partial charge on any atom is -0.325 e. The number of aromatic nitrogens is 4. The van der Waals surface area contributed by atoms with E-state index in [2.05, 4.69) is 25.5 Å². The van der Waals surface area contributed by atoms with Crippen LogP contribution in [0.2, 0.25) is 0 Å². The standard InChI is InChI=1S/C16H15N5OS3/c1-10-8-11(2)18-14(17-10)24-16-21-20-15(25-16)23-9-13(22)19-12-6-4-3-5-7-12/h3-8H,9H2,1-2H3,(H,19,22). The van der Waals surface area contributed by atoms with E-state index < -0.39 is 0 Å². The fraction of sp³-hybridized carbons (Fsp3) is 0.188. The zero-order valence-electron chi connectivity index (χ0n) is 13.6. The van der Waals surface area contributed by atoms with Crippen LogP contribution in [0, 0.1) is 13.8 Å². The van der Waals surface area contributed by atoms with Gasteiger partial charge >= 0.3 is 0 Å². The van der Waals surface area contributed by atoms with Gasteiger partial charge in [0.1, 0.15) is 0 Å². The van der Waals surface area contributed by atoms with Crippen LogP contribution >= 0.6 is 34.9 Å². The number of benzene rings is 1. The van der Waals surface area contributed by atoms with Crippen LogP contribution in [-0.2, 0) is 4.79 Å². The number of hydrogen-bond donors (Lipinski definition) is 1. The molecule has 0 bridgehead atoms. The van der Waals surface area contributed by atoms with Crippen molar-refractivity contribution in [2.75, 3.05) is 11.1 Å². The van der Waals surface area contributed by atoms with Crippen molar-refractivity contribution in [3.05, 3.63) is 47.8 Å². The van der Waals surface area contributed by atoms with Gasteiger partial charge in [0, 0.05) is 17.1 Å². The first-order valence-electron chi connectivity index (χ1n) is 7.40. The summed E-state index contributed by atoms with van der Waals surface area (Å²) >= 11 is 4.18. The summed E-state index contributed by atoms with van der Waals surface area (Å²) in [5.41, 5.74) is 2.63. The van der Waals surface area contributed by atoms with Crippen LogP contribution in [0.15, 0.2) is 50.2 Å². The molecule has 2 aromatic heterocycles. The quantitative estimate of drug-likeness (QED) is 0.507. The fourth-order valence-electron chi connectivity index (χ4n) is 1.96. The average molecular weight is 390 g/mol. The second kappa shape index (κ2) is 8.41. The van der Waals surface area contributed by atoms with Crippen molar-refractivity contribution in [1.29, 1.82) is 0 Å². The smallest absolute Gasteiger partial charge is 0.234 e. The van der Waals surface area contributed by atoms with Crippen LogP contribution in [-0.4, -0.2) is 31.8 Å². The molecular formula is C16H15N5OS3. The molecule has 0 aliphatic heterocycles. The molecule has 0 saturated heterocycles. The van der Waals surface area contributed by atoms with Crippen molar-refractivity contribution in [3.63, 3.8) is 0 Å². The van der Waals surface area contributed by atoms with Gasteiger partial charge in [-0.2, -0.15) is 0 Å². The Balaban J connectivity index is 1.54. The maximum atomic E-state index is 12.0. The first kappa shape index (κ1) is 17.8. The highest BCUT2D eigenvalue weighted by molar-refractivity contribution is 8.03. The Morgan fingerprint density at radius 3 is 2.48 bits per heavy atom. The Kier molecular flexibility index (Phi) is 6.00. The molecule has 0 unspecified atom stereocenters. The highest BCUT2D eigenvalue weighted by Crippen LogP contribution is 2.32. The summed E-state index contributed by atoms with van der Waals surface area (Å²) in [6.07, 6.45) is 0. The Hall–Kier alpha value is -1.97. The van der Waals surface area contributed by atoms with Crippen molar-refractivity contribution in [1.82, 2.24) is 20.2 Å². The lowest BCUT2D eigenvalue weighted by atomic mass is 10.3. The van der Waals surface area contributed by atoms with Gasteiger partial charge in [0.05, 0.1) is 5.75 Å². The molecule has 9 heteroatoms. The molecule has 0 aliphatic carbocycles. The van der Waals surface area contributed by atoms with Crippen LogP contribution < -0.4 is 5.32 Å².